The Morgan fingerprint density at radius 3 is 2.04 bits per heavy atom. The van der Waals surface area contributed by atoms with Gasteiger partial charge in [-0.05, 0) is 48.5 Å². The molecule has 0 aliphatic rings. The lowest BCUT2D eigenvalue weighted by atomic mass is 10.2. The summed E-state index contributed by atoms with van der Waals surface area (Å²) in [6.45, 7) is 3.93. The van der Waals surface area contributed by atoms with Gasteiger partial charge in [0.05, 0.1) is 0 Å². The van der Waals surface area contributed by atoms with Crippen molar-refractivity contribution in [1.29, 1.82) is 0 Å². The van der Waals surface area contributed by atoms with Crippen LogP contribution in [0.4, 0.5) is 21.9 Å². The van der Waals surface area contributed by atoms with Crippen LogP contribution in [0, 0.1) is 0 Å². The molecular formula is C19H22N4O2. The molecule has 0 saturated heterocycles. The van der Waals surface area contributed by atoms with E-state index in [9.17, 15) is 9.59 Å². The first-order chi connectivity index (χ1) is 12.0. The van der Waals surface area contributed by atoms with Gasteiger partial charge in [-0.15, -0.1) is 6.58 Å². The molecule has 25 heavy (non-hydrogen) atoms. The van der Waals surface area contributed by atoms with Gasteiger partial charge in [0.15, 0.2) is 0 Å². The summed E-state index contributed by atoms with van der Waals surface area (Å²) in [6.07, 6.45) is 1.60. The molecule has 3 amide bonds. The van der Waals surface area contributed by atoms with Crippen LogP contribution >= 0.6 is 0 Å². The number of nitrogens with one attached hydrogen (secondary N) is 3. The van der Waals surface area contributed by atoms with E-state index in [1.54, 1.807) is 42.5 Å². The number of anilines is 3. The number of rotatable bonds is 6. The summed E-state index contributed by atoms with van der Waals surface area (Å²) in [5.41, 5.74) is 2.90. The molecule has 0 bridgehead atoms. The minimum Gasteiger partial charge on any atom is -0.378 e. The van der Waals surface area contributed by atoms with E-state index in [0.717, 1.165) is 5.69 Å². The Morgan fingerprint density at radius 1 is 0.960 bits per heavy atom. The van der Waals surface area contributed by atoms with E-state index in [1.807, 2.05) is 31.1 Å². The second-order valence-electron chi connectivity index (χ2n) is 5.60. The van der Waals surface area contributed by atoms with Gasteiger partial charge < -0.3 is 20.9 Å². The van der Waals surface area contributed by atoms with Crippen molar-refractivity contribution in [2.45, 2.75) is 0 Å². The third kappa shape index (κ3) is 5.39. The molecule has 0 aliphatic heterocycles. The minimum atomic E-state index is -0.308. The number of hydrogen-bond donors (Lipinski definition) is 3. The highest BCUT2D eigenvalue weighted by Gasteiger charge is 2.07. The number of hydrogen-bond acceptors (Lipinski definition) is 3. The van der Waals surface area contributed by atoms with Crippen molar-refractivity contribution in [3.05, 3.63) is 66.7 Å². The van der Waals surface area contributed by atoms with Crippen molar-refractivity contribution in [1.82, 2.24) is 5.32 Å². The molecule has 0 heterocycles. The Bertz CT molecular complexity index is 737. The number of nitrogens with zero attached hydrogens (tertiary/aromatic N) is 1. The van der Waals surface area contributed by atoms with Crippen molar-refractivity contribution in [3.63, 3.8) is 0 Å². The van der Waals surface area contributed by atoms with Crippen LogP contribution in [0.15, 0.2) is 61.2 Å². The zero-order valence-electron chi connectivity index (χ0n) is 14.4. The Hall–Kier alpha value is -3.28. The maximum absolute atomic E-state index is 12.3. The molecule has 2 aromatic carbocycles. The van der Waals surface area contributed by atoms with Crippen molar-refractivity contribution >= 4 is 29.0 Å². The monoisotopic (exact) mass is 338 g/mol. The quantitative estimate of drug-likeness (QED) is 0.708. The molecule has 6 nitrogen and oxygen atoms in total. The van der Waals surface area contributed by atoms with Crippen LogP contribution < -0.4 is 20.9 Å². The average molecular weight is 338 g/mol. The van der Waals surface area contributed by atoms with Crippen molar-refractivity contribution < 1.29 is 9.59 Å². The number of benzene rings is 2. The molecule has 0 saturated carbocycles. The van der Waals surface area contributed by atoms with Gasteiger partial charge in [-0.3, -0.25) is 4.79 Å². The van der Waals surface area contributed by atoms with E-state index >= 15 is 0 Å². The molecule has 0 aromatic heterocycles. The fourth-order valence-electron chi connectivity index (χ4n) is 2.09. The molecule has 3 N–H and O–H groups in total. The molecule has 6 heteroatoms. The summed E-state index contributed by atoms with van der Waals surface area (Å²) in [7, 11) is 3.89. The predicted octanol–water partition coefficient (Wildman–Crippen LogP) is 3.31. The molecular weight excluding hydrogens is 316 g/mol. The molecule has 2 aromatic rings. The van der Waals surface area contributed by atoms with Crippen LogP contribution in [0.1, 0.15) is 10.4 Å². The smallest absolute Gasteiger partial charge is 0.319 e. The van der Waals surface area contributed by atoms with Gasteiger partial charge in [-0.2, -0.15) is 0 Å². The van der Waals surface area contributed by atoms with Crippen LogP contribution in [0.25, 0.3) is 0 Å². The Labute approximate surface area is 147 Å². The second-order valence-corrected chi connectivity index (χ2v) is 5.60. The lowest BCUT2D eigenvalue weighted by molar-refractivity contribution is 0.102. The van der Waals surface area contributed by atoms with Crippen LogP contribution in [-0.4, -0.2) is 32.6 Å². The van der Waals surface area contributed by atoms with E-state index in [2.05, 4.69) is 22.5 Å². The molecule has 2 rings (SSSR count). The molecule has 0 aliphatic carbocycles. The van der Waals surface area contributed by atoms with E-state index in [1.165, 1.54) is 0 Å². The molecule has 0 atom stereocenters. The number of carbonyl (C=O) groups excluding carboxylic acids is 2. The van der Waals surface area contributed by atoms with Crippen LogP contribution in [0.2, 0.25) is 0 Å². The summed E-state index contributed by atoms with van der Waals surface area (Å²) in [6, 6.07) is 13.9. The van der Waals surface area contributed by atoms with Crippen molar-refractivity contribution in [2.75, 3.05) is 36.2 Å². The fourth-order valence-corrected chi connectivity index (χ4v) is 2.09. The molecule has 0 radical (unpaired) electrons. The van der Waals surface area contributed by atoms with Gasteiger partial charge in [-0.1, -0.05) is 6.08 Å². The highest BCUT2D eigenvalue weighted by atomic mass is 16.2. The molecule has 0 unspecified atom stereocenters. The number of urea groups is 1. The summed E-state index contributed by atoms with van der Waals surface area (Å²) >= 11 is 0. The standard InChI is InChI=1S/C19H22N4O2/c1-4-13-20-19(25)22-16-9-7-15(8-10-16)21-18(24)14-5-11-17(12-6-14)23(2)3/h4-12H,1,13H2,2-3H3,(H,21,24)(H2,20,22,25). The first kappa shape index (κ1) is 18.1. The van der Waals surface area contributed by atoms with Crippen LogP contribution in [-0.2, 0) is 0 Å². The number of carbonyl (C=O) groups is 2. The van der Waals surface area contributed by atoms with Crippen LogP contribution in [0.3, 0.4) is 0 Å². The summed E-state index contributed by atoms with van der Waals surface area (Å²) in [5, 5.41) is 8.14. The van der Waals surface area contributed by atoms with E-state index < -0.39 is 0 Å². The molecule has 0 fully saturated rings. The van der Waals surface area contributed by atoms with Gasteiger partial charge in [0.1, 0.15) is 0 Å². The Morgan fingerprint density at radius 2 is 1.52 bits per heavy atom. The largest absolute Gasteiger partial charge is 0.378 e. The second kappa shape index (κ2) is 8.54. The van der Waals surface area contributed by atoms with Crippen molar-refractivity contribution in [3.8, 4) is 0 Å². The molecule has 0 spiro atoms. The third-order valence-corrected chi connectivity index (χ3v) is 3.45. The first-order valence-electron chi connectivity index (χ1n) is 7.84. The Balaban J connectivity index is 1.94. The van der Waals surface area contributed by atoms with E-state index in [-0.39, 0.29) is 11.9 Å². The van der Waals surface area contributed by atoms with E-state index in [0.29, 0.717) is 23.5 Å². The van der Waals surface area contributed by atoms with Gasteiger partial charge in [-0.25, -0.2) is 4.79 Å². The predicted molar refractivity (Wildman–Crippen MR) is 102 cm³/mol. The third-order valence-electron chi connectivity index (χ3n) is 3.45. The highest BCUT2D eigenvalue weighted by molar-refractivity contribution is 6.04. The normalized spacial score (nSPS) is 9.84. The average Bonchev–Trinajstić information content (AvgIpc) is 2.61. The maximum atomic E-state index is 12.3. The SMILES string of the molecule is C=CCNC(=O)Nc1ccc(NC(=O)c2ccc(N(C)C)cc2)cc1. The zero-order chi connectivity index (χ0) is 18.2. The fraction of sp³-hybridized carbons (Fsp3) is 0.158. The van der Waals surface area contributed by atoms with Gasteiger partial charge in [0.25, 0.3) is 5.91 Å². The summed E-state index contributed by atoms with van der Waals surface area (Å²) in [5.74, 6) is -0.185. The highest BCUT2D eigenvalue weighted by Crippen LogP contribution is 2.16. The maximum Gasteiger partial charge on any atom is 0.319 e. The van der Waals surface area contributed by atoms with Crippen LogP contribution in [0.5, 0.6) is 0 Å². The topological polar surface area (TPSA) is 73.5 Å². The van der Waals surface area contributed by atoms with E-state index in [4.69, 9.17) is 0 Å². The summed E-state index contributed by atoms with van der Waals surface area (Å²) < 4.78 is 0. The van der Waals surface area contributed by atoms with Gasteiger partial charge in [0.2, 0.25) is 0 Å². The lowest BCUT2D eigenvalue weighted by Crippen LogP contribution is -2.28. The van der Waals surface area contributed by atoms with Gasteiger partial charge >= 0.3 is 6.03 Å². The summed E-state index contributed by atoms with van der Waals surface area (Å²) in [4.78, 5) is 25.8. The molecule has 130 valence electrons. The minimum absolute atomic E-state index is 0.185. The first-order valence-corrected chi connectivity index (χ1v) is 7.84. The zero-order valence-corrected chi connectivity index (χ0v) is 14.4. The van der Waals surface area contributed by atoms with Crippen molar-refractivity contribution in [2.24, 2.45) is 0 Å². The Kier molecular flexibility index (Phi) is 6.17. The lowest BCUT2D eigenvalue weighted by Gasteiger charge is -2.13. The van der Waals surface area contributed by atoms with Gasteiger partial charge in [0, 0.05) is 43.3 Å². The number of amides is 3.